The summed E-state index contributed by atoms with van der Waals surface area (Å²) in [5.41, 5.74) is 3.73. The molecule has 77 heavy (non-hydrogen) atoms. The van der Waals surface area contributed by atoms with Gasteiger partial charge in [0.15, 0.2) is 0 Å². The van der Waals surface area contributed by atoms with E-state index in [9.17, 15) is 0 Å². The summed E-state index contributed by atoms with van der Waals surface area (Å²) in [6, 6.07) is 6.87. The van der Waals surface area contributed by atoms with Crippen molar-refractivity contribution in [2.75, 3.05) is 153 Å². The SMILES string of the molecule is C.CC(C)CCOCCOCCOCCOc1ccc2c(c1)CC[C@@H]1[C@@H]2CC[C@]2(C)[C@@H](C)CC[C@@H]12.CCCOCCOCCC(C)C.COCCC(C)C.COCCOCCC(C)C.COCCOCCOCCC(C)C. The van der Waals surface area contributed by atoms with Crippen molar-refractivity contribution >= 4 is 0 Å². The van der Waals surface area contributed by atoms with Crippen LogP contribution in [-0.4, -0.2) is 153 Å². The Hall–Kier alpha value is -1.42. The summed E-state index contributed by atoms with van der Waals surface area (Å²) in [4.78, 5) is 0. The molecular weight excluding hydrogens is 973 g/mol. The zero-order chi connectivity index (χ0) is 56.7. The molecule has 0 N–H and O–H groups in total. The first-order valence-electron chi connectivity index (χ1n) is 30.4. The number of methoxy groups -OCH3 is 3. The molecule has 0 spiro atoms. The minimum atomic E-state index is 0. The largest absolute Gasteiger partial charge is 0.491 e. The van der Waals surface area contributed by atoms with Crippen molar-refractivity contribution in [2.45, 2.75) is 180 Å². The van der Waals surface area contributed by atoms with Crippen LogP contribution in [0.4, 0.5) is 0 Å². The molecule has 0 radical (unpaired) electrons. The van der Waals surface area contributed by atoms with Crippen LogP contribution in [-0.2, 0) is 58.5 Å². The van der Waals surface area contributed by atoms with Crippen molar-refractivity contribution in [3.05, 3.63) is 29.3 Å². The van der Waals surface area contributed by atoms with E-state index in [0.717, 1.165) is 145 Å². The summed E-state index contributed by atoms with van der Waals surface area (Å²) in [6.45, 7) is 43.6. The molecular formula is C65H128O12. The minimum absolute atomic E-state index is 0. The van der Waals surface area contributed by atoms with Crippen LogP contribution < -0.4 is 4.74 Å². The second-order valence-corrected chi connectivity index (χ2v) is 23.4. The van der Waals surface area contributed by atoms with Gasteiger partial charge in [0, 0.05) is 61.0 Å². The molecule has 460 valence electrons. The first kappa shape index (κ1) is 77.6. The van der Waals surface area contributed by atoms with E-state index in [1.165, 1.54) is 50.5 Å². The molecule has 12 nitrogen and oxygen atoms in total. The molecule has 0 heterocycles. The van der Waals surface area contributed by atoms with Crippen molar-refractivity contribution in [3.8, 4) is 5.75 Å². The maximum atomic E-state index is 6.01. The van der Waals surface area contributed by atoms with Gasteiger partial charge < -0.3 is 56.8 Å². The van der Waals surface area contributed by atoms with Crippen molar-refractivity contribution < 1.29 is 56.8 Å². The lowest BCUT2D eigenvalue weighted by molar-refractivity contribution is 0.00787. The quantitative estimate of drug-likeness (QED) is 0.0585. The number of rotatable bonds is 39. The molecule has 0 unspecified atom stereocenters. The van der Waals surface area contributed by atoms with Crippen molar-refractivity contribution in [1.29, 1.82) is 0 Å². The number of ether oxygens (including phenoxy) is 12. The minimum Gasteiger partial charge on any atom is -0.491 e. The average molecular weight is 1100 g/mol. The maximum absolute atomic E-state index is 6.01. The van der Waals surface area contributed by atoms with E-state index in [-0.39, 0.29) is 7.43 Å². The molecule has 12 heteroatoms. The molecule has 4 rings (SSSR count). The summed E-state index contributed by atoms with van der Waals surface area (Å²) in [5.74, 6) is 8.15. The fourth-order valence-electron chi connectivity index (χ4n) is 9.48. The van der Waals surface area contributed by atoms with Crippen LogP contribution in [0.25, 0.3) is 0 Å². The molecule has 0 saturated heterocycles. The Morgan fingerprint density at radius 2 is 0.831 bits per heavy atom. The predicted molar refractivity (Wildman–Crippen MR) is 322 cm³/mol. The van der Waals surface area contributed by atoms with E-state index in [4.69, 9.17) is 56.8 Å². The first-order chi connectivity index (χ1) is 36.6. The fraction of sp³-hybridized carbons (Fsp3) is 0.908. The van der Waals surface area contributed by atoms with Crippen LogP contribution in [0, 0.1) is 52.8 Å². The van der Waals surface area contributed by atoms with Crippen LogP contribution in [0.3, 0.4) is 0 Å². The highest BCUT2D eigenvalue weighted by Gasteiger charge is 2.53. The maximum Gasteiger partial charge on any atom is 0.119 e. The monoisotopic (exact) mass is 1100 g/mol. The van der Waals surface area contributed by atoms with Gasteiger partial charge in [-0.1, -0.05) is 104 Å². The Balaban J connectivity index is 0. The normalized spacial score (nSPS) is 19.2. The van der Waals surface area contributed by atoms with Gasteiger partial charge in [0.1, 0.15) is 12.4 Å². The van der Waals surface area contributed by atoms with Gasteiger partial charge >= 0.3 is 0 Å². The first-order valence-corrected chi connectivity index (χ1v) is 30.4. The van der Waals surface area contributed by atoms with Crippen LogP contribution in [0.1, 0.15) is 185 Å². The van der Waals surface area contributed by atoms with Crippen LogP contribution in [0.2, 0.25) is 0 Å². The summed E-state index contributed by atoms with van der Waals surface area (Å²) >= 11 is 0. The molecule has 3 aliphatic rings. The molecule has 0 aliphatic heterocycles. The third-order valence-corrected chi connectivity index (χ3v) is 14.6. The van der Waals surface area contributed by atoms with Crippen LogP contribution >= 0.6 is 0 Å². The molecule has 5 atom stereocenters. The molecule has 2 fully saturated rings. The van der Waals surface area contributed by atoms with Gasteiger partial charge in [0.05, 0.1) is 85.9 Å². The highest BCUT2D eigenvalue weighted by molar-refractivity contribution is 5.40. The Morgan fingerprint density at radius 3 is 1.22 bits per heavy atom. The van der Waals surface area contributed by atoms with E-state index in [0.29, 0.717) is 84.0 Å². The Bertz CT molecular complexity index is 1380. The number of aryl methyl sites for hydroxylation is 1. The molecule has 0 aromatic heterocycles. The predicted octanol–water partition coefficient (Wildman–Crippen LogP) is 14.9. The highest BCUT2D eigenvalue weighted by atomic mass is 16.6. The summed E-state index contributed by atoms with van der Waals surface area (Å²) in [6.07, 6.45) is 15.0. The van der Waals surface area contributed by atoms with Gasteiger partial charge in [-0.2, -0.15) is 0 Å². The number of hydrogen-bond donors (Lipinski definition) is 0. The summed E-state index contributed by atoms with van der Waals surface area (Å²) < 4.78 is 63.8. The molecule has 3 aliphatic carbocycles. The Kier molecular flexibility index (Phi) is 53.1. The van der Waals surface area contributed by atoms with Crippen molar-refractivity contribution in [1.82, 2.24) is 0 Å². The highest BCUT2D eigenvalue weighted by Crippen LogP contribution is 2.62. The standard InChI is InChI=1S/C30H48O4.C10H22O3.C10H22O2.C8H18O2.C6H14O.CH4/c1-22(2)12-14-31-15-16-32-17-18-33-19-20-34-25-7-9-26-24(21-25)6-8-28-27(26)11-13-30(4)23(3)5-10-29(28)30;1-10(2)4-5-12-8-9-13-7-6-11-3;1-4-6-11-8-9-12-7-5-10(2)3;1-8(2)4-5-10-7-6-9-3;1-6(2)4-5-7-3;/h7,9,21-23,27-29H,5-6,8,10-20H2,1-4H3;10H,4-9H2,1-3H3;10H,4-9H2,1-3H3;8H,4-7H2,1-3H3;6H,4-5H2,1-3H3;1H4/t23-,27+,28+,29-,30+;;;;;/m0...../s1. The van der Waals surface area contributed by atoms with Gasteiger partial charge in [0.25, 0.3) is 0 Å². The average Bonchev–Trinajstić information content (AvgIpc) is 3.70. The zero-order valence-corrected chi connectivity index (χ0v) is 52.5. The third kappa shape index (κ3) is 42.1. The molecule has 2 saturated carbocycles. The van der Waals surface area contributed by atoms with Crippen LogP contribution in [0.15, 0.2) is 18.2 Å². The number of benzene rings is 1. The third-order valence-electron chi connectivity index (χ3n) is 14.6. The summed E-state index contributed by atoms with van der Waals surface area (Å²) in [5, 5.41) is 0. The Labute approximate surface area is 476 Å². The van der Waals surface area contributed by atoms with Gasteiger partial charge in [-0.25, -0.2) is 0 Å². The molecule has 0 bridgehead atoms. The lowest BCUT2D eigenvalue weighted by atomic mass is 9.54. The van der Waals surface area contributed by atoms with Gasteiger partial charge in [-0.15, -0.1) is 0 Å². The van der Waals surface area contributed by atoms with Gasteiger partial charge in [-0.05, 0) is 159 Å². The lowest BCUT2D eigenvalue weighted by Crippen LogP contribution is -2.41. The smallest absolute Gasteiger partial charge is 0.119 e. The van der Waals surface area contributed by atoms with E-state index in [1.54, 1.807) is 26.9 Å². The topological polar surface area (TPSA) is 111 Å². The molecule has 1 aromatic rings. The second-order valence-electron chi connectivity index (χ2n) is 23.4. The zero-order valence-electron chi connectivity index (χ0n) is 52.5. The molecule has 0 amide bonds. The van der Waals surface area contributed by atoms with Crippen LogP contribution in [0.5, 0.6) is 5.75 Å². The van der Waals surface area contributed by atoms with Gasteiger partial charge in [-0.3, -0.25) is 0 Å². The van der Waals surface area contributed by atoms with E-state index in [1.807, 2.05) is 0 Å². The van der Waals surface area contributed by atoms with E-state index < -0.39 is 0 Å². The Morgan fingerprint density at radius 1 is 0.455 bits per heavy atom. The number of fused-ring (bicyclic) bond motifs is 5. The second kappa shape index (κ2) is 52.6. The van der Waals surface area contributed by atoms with E-state index >= 15 is 0 Å². The fourth-order valence-corrected chi connectivity index (χ4v) is 9.48. The van der Waals surface area contributed by atoms with E-state index in [2.05, 4.69) is 108 Å². The molecule has 1 aromatic carbocycles. The summed E-state index contributed by atoms with van der Waals surface area (Å²) in [7, 11) is 5.09. The van der Waals surface area contributed by atoms with Gasteiger partial charge in [0.2, 0.25) is 0 Å². The number of hydrogen-bond acceptors (Lipinski definition) is 12. The van der Waals surface area contributed by atoms with Crippen molar-refractivity contribution in [2.24, 2.45) is 52.8 Å². The van der Waals surface area contributed by atoms with Crippen molar-refractivity contribution in [3.63, 3.8) is 0 Å². The lowest BCUT2D eigenvalue weighted by Gasteiger charge is -2.50.